The highest BCUT2D eigenvalue weighted by atomic mass is 35.5. The van der Waals surface area contributed by atoms with Gasteiger partial charge in [0.1, 0.15) is 4.90 Å². The highest BCUT2D eigenvalue weighted by molar-refractivity contribution is 7.90. The minimum atomic E-state index is -3.55. The maximum Gasteiger partial charge on any atom is 0.266 e. The van der Waals surface area contributed by atoms with Crippen LogP contribution in [0, 0.1) is 0 Å². The Kier molecular flexibility index (Phi) is 2.77. The van der Waals surface area contributed by atoms with Gasteiger partial charge >= 0.3 is 0 Å². The van der Waals surface area contributed by atoms with Gasteiger partial charge in [0.2, 0.25) is 5.96 Å². The molecule has 0 saturated carbocycles. The van der Waals surface area contributed by atoms with Gasteiger partial charge < -0.3 is 0 Å². The minimum absolute atomic E-state index is 0.128. The van der Waals surface area contributed by atoms with Gasteiger partial charge in [0.05, 0.1) is 5.69 Å². The number of anilines is 1. The summed E-state index contributed by atoms with van der Waals surface area (Å²) in [5.74, 6) is 0.128. The van der Waals surface area contributed by atoms with Crippen molar-refractivity contribution in [3.05, 3.63) is 24.3 Å². The molecule has 0 aliphatic carbocycles. The quantitative estimate of drug-likeness (QED) is 0.774. The van der Waals surface area contributed by atoms with E-state index in [2.05, 4.69) is 9.71 Å². The van der Waals surface area contributed by atoms with Gasteiger partial charge in [-0.2, -0.15) is 0 Å². The van der Waals surface area contributed by atoms with E-state index in [0.717, 1.165) is 0 Å². The lowest BCUT2D eigenvalue weighted by Gasteiger charge is -2.26. The molecule has 0 spiro atoms. The van der Waals surface area contributed by atoms with Crippen molar-refractivity contribution in [3.63, 3.8) is 0 Å². The summed E-state index contributed by atoms with van der Waals surface area (Å²) in [6, 6.07) is 6.49. The lowest BCUT2D eigenvalue weighted by atomic mass is 10.3. The molecule has 0 aromatic heterocycles. The number of halogens is 1. The van der Waals surface area contributed by atoms with Crippen LogP contribution in [0.1, 0.15) is 6.92 Å². The summed E-state index contributed by atoms with van der Waals surface area (Å²) in [7, 11) is -3.55. The zero-order valence-corrected chi connectivity index (χ0v) is 10.1. The van der Waals surface area contributed by atoms with E-state index >= 15 is 0 Å². The Hall–Kier alpha value is -1.27. The zero-order valence-electron chi connectivity index (χ0n) is 8.51. The van der Waals surface area contributed by atoms with Crippen molar-refractivity contribution in [1.82, 2.24) is 4.72 Å². The molecular weight excluding hydrogens is 250 g/mol. The Labute approximate surface area is 98.9 Å². The summed E-state index contributed by atoms with van der Waals surface area (Å²) in [5.41, 5.74) is 0.412. The second kappa shape index (κ2) is 3.95. The van der Waals surface area contributed by atoms with Crippen LogP contribution < -0.4 is 9.14 Å². The zero-order chi connectivity index (χ0) is 11.8. The van der Waals surface area contributed by atoms with E-state index in [4.69, 9.17) is 11.8 Å². The third-order valence-electron chi connectivity index (χ3n) is 2.09. The predicted molar refractivity (Wildman–Crippen MR) is 63.1 cm³/mol. The fourth-order valence-electron chi connectivity index (χ4n) is 1.42. The van der Waals surface area contributed by atoms with Crippen molar-refractivity contribution in [1.29, 1.82) is 0 Å². The van der Waals surface area contributed by atoms with Crippen LogP contribution in [-0.4, -0.2) is 20.9 Å². The first-order chi connectivity index (χ1) is 7.56. The van der Waals surface area contributed by atoms with Crippen LogP contribution in [0.2, 0.25) is 0 Å². The number of para-hydroxylation sites is 1. The summed E-state index contributed by atoms with van der Waals surface area (Å²) in [6.45, 7) is 2.25. The summed E-state index contributed by atoms with van der Waals surface area (Å²) in [5, 5.41) is 0. The topological polar surface area (TPSA) is 61.8 Å². The molecule has 0 bridgehead atoms. The maximum absolute atomic E-state index is 11.8. The number of benzene rings is 1. The Bertz CT molecular complexity index is 541. The van der Waals surface area contributed by atoms with Gasteiger partial charge in [-0.15, -0.1) is 0 Å². The summed E-state index contributed by atoms with van der Waals surface area (Å²) in [4.78, 5) is 4.13. The number of sulfonamides is 1. The molecule has 86 valence electrons. The van der Waals surface area contributed by atoms with Crippen molar-refractivity contribution >= 4 is 33.4 Å². The standard InChI is InChI=1S/C9H10ClN3O2S/c1-2-11-9-12-16(14,15)8-6-4-3-5-7(8)13(9)10/h3-6H,2H2,1H3,(H,11,12). The van der Waals surface area contributed by atoms with Crippen LogP contribution in [0.3, 0.4) is 0 Å². The fraction of sp³-hybridized carbons (Fsp3) is 0.222. The maximum atomic E-state index is 11.8. The molecule has 0 atom stereocenters. The largest absolute Gasteiger partial charge is 0.266 e. The molecule has 16 heavy (non-hydrogen) atoms. The Morgan fingerprint density at radius 2 is 2.12 bits per heavy atom. The number of nitrogens with zero attached hydrogens (tertiary/aromatic N) is 2. The van der Waals surface area contributed by atoms with Crippen LogP contribution in [-0.2, 0) is 10.0 Å². The minimum Gasteiger partial charge on any atom is -0.251 e. The molecular formula is C9H10ClN3O2S. The van der Waals surface area contributed by atoms with Crippen LogP contribution in [0.15, 0.2) is 34.2 Å². The molecule has 1 N–H and O–H groups in total. The van der Waals surface area contributed by atoms with E-state index in [1.807, 2.05) is 0 Å². The molecule has 1 aliphatic heterocycles. The van der Waals surface area contributed by atoms with Crippen molar-refractivity contribution in [3.8, 4) is 0 Å². The second-order valence-corrected chi connectivity index (χ2v) is 5.14. The van der Waals surface area contributed by atoms with E-state index < -0.39 is 10.0 Å². The molecule has 1 heterocycles. The lowest BCUT2D eigenvalue weighted by Crippen LogP contribution is -2.44. The first kappa shape index (κ1) is 11.2. The van der Waals surface area contributed by atoms with Crippen LogP contribution in [0.25, 0.3) is 0 Å². The number of rotatable bonds is 1. The third kappa shape index (κ3) is 1.74. The first-order valence-corrected chi connectivity index (χ1v) is 6.50. The van der Waals surface area contributed by atoms with Crippen molar-refractivity contribution in [2.45, 2.75) is 11.8 Å². The molecule has 2 rings (SSSR count). The smallest absolute Gasteiger partial charge is 0.251 e. The van der Waals surface area contributed by atoms with E-state index in [1.54, 1.807) is 25.1 Å². The molecule has 0 radical (unpaired) electrons. The van der Waals surface area contributed by atoms with E-state index in [9.17, 15) is 8.42 Å². The van der Waals surface area contributed by atoms with Gasteiger partial charge in [-0.3, -0.25) is 4.99 Å². The van der Waals surface area contributed by atoms with Crippen LogP contribution in [0.4, 0.5) is 5.69 Å². The summed E-state index contributed by atoms with van der Waals surface area (Å²) < 4.78 is 27.2. The van der Waals surface area contributed by atoms with Crippen molar-refractivity contribution < 1.29 is 8.42 Å². The fourth-order valence-corrected chi connectivity index (χ4v) is 2.96. The average Bonchev–Trinajstić information content (AvgIpc) is 2.26. The number of guanidine groups is 1. The van der Waals surface area contributed by atoms with Gasteiger partial charge in [0, 0.05) is 18.3 Å². The van der Waals surface area contributed by atoms with Gasteiger partial charge in [-0.1, -0.05) is 12.1 Å². The third-order valence-corrected chi connectivity index (χ3v) is 3.80. The number of aliphatic imine (C=N–C) groups is 1. The van der Waals surface area contributed by atoms with E-state index in [0.29, 0.717) is 12.2 Å². The molecule has 0 amide bonds. The van der Waals surface area contributed by atoms with E-state index in [1.165, 1.54) is 10.5 Å². The predicted octanol–water partition coefficient (Wildman–Crippen LogP) is 1.31. The molecule has 1 aromatic carbocycles. The number of hydrogen-bond donors (Lipinski definition) is 1. The highest BCUT2D eigenvalue weighted by Crippen LogP contribution is 2.30. The summed E-state index contributed by atoms with van der Waals surface area (Å²) in [6.07, 6.45) is 0. The van der Waals surface area contributed by atoms with Gasteiger partial charge in [-0.05, 0) is 19.1 Å². The number of fused-ring (bicyclic) bond motifs is 1. The van der Waals surface area contributed by atoms with E-state index in [-0.39, 0.29) is 10.9 Å². The van der Waals surface area contributed by atoms with Crippen LogP contribution >= 0.6 is 11.8 Å². The Morgan fingerprint density at radius 3 is 2.81 bits per heavy atom. The lowest BCUT2D eigenvalue weighted by molar-refractivity contribution is 0.591. The van der Waals surface area contributed by atoms with Crippen molar-refractivity contribution in [2.24, 2.45) is 4.99 Å². The monoisotopic (exact) mass is 259 g/mol. The molecule has 0 unspecified atom stereocenters. The van der Waals surface area contributed by atoms with Crippen molar-refractivity contribution in [2.75, 3.05) is 11.0 Å². The molecule has 7 heteroatoms. The van der Waals surface area contributed by atoms with Crippen LogP contribution in [0.5, 0.6) is 0 Å². The number of hydrogen-bond acceptors (Lipinski definition) is 3. The SMILES string of the molecule is CCN=C1NS(=O)(=O)c2ccccc2N1Cl. The average molecular weight is 260 g/mol. The number of nitrogens with one attached hydrogen (secondary N) is 1. The summed E-state index contributed by atoms with van der Waals surface area (Å²) >= 11 is 5.99. The molecule has 1 aromatic rings. The molecule has 1 aliphatic rings. The Morgan fingerprint density at radius 1 is 1.44 bits per heavy atom. The van der Waals surface area contributed by atoms with Gasteiger partial charge in [-0.25, -0.2) is 17.6 Å². The normalized spacial score (nSPS) is 20.4. The molecule has 0 saturated heterocycles. The molecule has 0 fully saturated rings. The second-order valence-electron chi connectivity index (χ2n) is 3.15. The Balaban J connectivity index is 2.63. The van der Waals surface area contributed by atoms with Gasteiger partial charge in [0.25, 0.3) is 10.0 Å². The molecule has 5 nitrogen and oxygen atoms in total. The van der Waals surface area contributed by atoms with Gasteiger partial charge in [0.15, 0.2) is 0 Å². The first-order valence-electron chi connectivity index (χ1n) is 4.68. The highest BCUT2D eigenvalue weighted by Gasteiger charge is 2.31.